The van der Waals surface area contributed by atoms with Crippen molar-refractivity contribution in [3.8, 4) is 5.75 Å². The molecule has 0 aliphatic rings. The molecule has 0 aliphatic heterocycles. The molecule has 1 atom stereocenters. The van der Waals surface area contributed by atoms with Crippen LogP contribution in [-0.4, -0.2) is 42.2 Å². The first kappa shape index (κ1) is 13.3. The van der Waals surface area contributed by atoms with Gasteiger partial charge < -0.3 is 20.5 Å². The average Bonchev–Trinajstić information content (AvgIpc) is 2.25. The Morgan fingerprint density at radius 3 is 2.88 bits per heavy atom. The van der Waals surface area contributed by atoms with E-state index in [9.17, 15) is 4.79 Å². The van der Waals surface area contributed by atoms with Crippen LogP contribution in [0.1, 0.15) is 6.92 Å². The fourth-order valence-corrected chi connectivity index (χ4v) is 1.36. The zero-order valence-corrected chi connectivity index (χ0v) is 10.1. The van der Waals surface area contributed by atoms with Gasteiger partial charge in [-0.15, -0.1) is 0 Å². The fourth-order valence-electron chi connectivity index (χ4n) is 1.36. The lowest BCUT2D eigenvalue weighted by molar-refractivity contribution is -0.133. The molecule has 17 heavy (non-hydrogen) atoms. The molecule has 1 aromatic rings. The number of benzene rings is 1. The summed E-state index contributed by atoms with van der Waals surface area (Å²) < 4.78 is 5.30. The van der Waals surface area contributed by atoms with E-state index in [1.807, 2.05) is 0 Å². The van der Waals surface area contributed by atoms with Crippen molar-refractivity contribution in [2.24, 2.45) is 0 Å². The molecular formula is C12H18N2O3. The Kier molecular flexibility index (Phi) is 4.78. The van der Waals surface area contributed by atoms with Crippen LogP contribution >= 0.6 is 0 Å². The van der Waals surface area contributed by atoms with Crippen LogP contribution in [0, 0.1) is 0 Å². The number of nitrogen functional groups attached to an aromatic ring is 1. The lowest BCUT2D eigenvalue weighted by Crippen LogP contribution is -2.36. The Labute approximate surface area is 101 Å². The summed E-state index contributed by atoms with van der Waals surface area (Å²) in [6.45, 7) is 1.86. The van der Waals surface area contributed by atoms with Crippen LogP contribution < -0.4 is 10.5 Å². The molecule has 0 saturated heterocycles. The molecule has 0 heterocycles. The highest BCUT2D eigenvalue weighted by Gasteiger charge is 2.11. The van der Waals surface area contributed by atoms with Gasteiger partial charge in [0.25, 0.3) is 5.91 Å². The normalized spacial score (nSPS) is 11.9. The summed E-state index contributed by atoms with van der Waals surface area (Å²) in [5.74, 6) is 0.372. The highest BCUT2D eigenvalue weighted by atomic mass is 16.5. The van der Waals surface area contributed by atoms with Crippen molar-refractivity contribution in [3.05, 3.63) is 24.3 Å². The van der Waals surface area contributed by atoms with Crippen LogP contribution in [0.4, 0.5) is 5.69 Å². The molecule has 1 unspecified atom stereocenters. The third-order valence-corrected chi connectivity index (χ3v) is 2.18. The Morgan fingerprint density at radius 2 is 2.29 bits per heavy atom. The second-order valence-corrected chi connectivity index (χ2v) is 3.98. The second kappa shape index (κ2) is 6.10. The van der Waals surface area contributed by atoms with E-state index < -0.39 is 6.10 Å². The maximum atomic E-state index is 11.6. The number of nitrogens with two attached hydrogens (primary N) is 1. The minimum absolute atomic E-state index is 0.0628. The lowest BCUT2D eigenvalue weighted by Gasteiger charge is -2.18. The van der Waals surface area contributed by atoms with Gasteiger partial charge in [0.15, 0.2) is 6.61 Å². The average molecular weight is 238 g/mol. The van der Waals surface area contributed by atoms with Gasteiger partial charge in [-0.1, -0.05) is 6.07 Å². The molecule has 1 aromatic carbocycles. The van der Waals surface area contributed by atoms with Crippen LogP contribution in [0.3, 0.4) is 0 Å². The van der Waals surface area contributed by atoms with E-state index in [0.29, 0.717) is 18.0 Å². The number of aliphatic hydroxyl groups excluding tert-OH is 1. The van der Waals surface area contributed by atoms with Gasteiger partial charge in [0.1, 0.15) is 5.75 Å². The summed E-state index contributed by atoms with van der Waals surface area (Å²) in [6.07, 6.45) is -0.545. The Morgan fingerprint density at radius 1 is 1.59 bits per heavy atom. The molecule has 0 fully saturated rings. The maximum absolute atomic E-state index is 11.6. The zero-order valence-electron chi connectivity index (χ0n) is 10.1. The SMILES string of the molecule is CC(O)CN(C)C(=O)COc1cccc(N)c1. The van der Waals surface area contributed by atoms with E-state index in [4.69, 9.17) is 15.6 Å². The number of nitrogens with zero attached hydrogens (tertiary/aromatic N) is 1. The van der Waals surface area contributed by atoms with Gasteiger partial charge in [-0.25, -0.2) is 0 Å². The molecular weight excluding hydrogens is 220 g/mol. The highest BCUT2D eigenvalue weighted by molar-refractivity contribution is 5.77. The molecule has 94 valence electrons. The summed E-state index contributed by atoms with van der Waals surface area (Å²) in [7, 11) is 1.62. The molecule has 3 N–H and O–H groups in total. The number of aliphatic hydroxyl groups is 1. The minimum Gasteiger partial charge on any atom is -0.484 e. The van der Waals surface area contributed by atoms with E-state index in [2.05, 4.69) is 0 Å². The minimum atomic E-state index is -0.545. The quantitative estimate of drug-likeness (QED) is 0.732. The predicted octanol–water partition coefficient (Wildman–Crippen LogP) is 0.487. The number of rotatable bonds is 5. The number of carbonyl (C=O) groups excluding carboxylic acids is 1. The third-order valence-electron chi connectivity index (χ3n) is 2.18. The summed E-state index contributed by atoms with van der Waals surface area (Å²) in [4.78, 5) is 13.0. The number of ether oxygens (including phenoxy) is 1. The van der Waals surface area contributed by atoms with Crippen LogP contribution in [0.2, 0.25) is 0 Å². The van der Waals surface area contributed by atoms with Gasteiger partial charge in [0.2, 0.25) is 0 Å². The number of anilines is 1. The summed E-state index contributed by atoms with van der Waals surface area (Å²) in [5.41, 5.74) is 6.17. The molecule has 5 heteroatoms. The molecule has 0 spiro atoms. The van der Waals surface area contributed by atoms with Crippen molar-refractivity contribution in [1.82, 2.24) is 4.90 Å². The molecule has 0 aliphatic carbocycles. The number of hydrogen-bond acceptors (Lipinski definition) is 4. The predicted molar refractivity (Wildman–Crippen MR) is 65.7 cm³/mol. The second-order valence-electron chi connectivity index (χ2n) is 3.98. The smallest absolute Gasteiger partial charge is 0.260 e. The molecule has 1 rings (SSSR count). The van der Waals surface area contributed by atoms with Crippen molar-refractivity contribution in [2.45, 2.75) is 13.0 Å². The van der Waals surface area contributed by atoms with E-state index in [-0.39, 0.29) is 12.5 Å². The molecule has 0 aromatic heterocycles. The third kappa shape index (κ3) is 4.74. The molecule has 0 saturated carbocycles. The number of carbonyl (C=O) groups is 1. The van der Waals surface area contributed by atoms with Gasteiger partial charge in [-0.3, -0.25) is 4.79 Å². The first-order chi connectivity index (χ1) is 7.99. The summed E-state index contributed by atoms with van der Waals surface area (Å²) >= 11 is 0. The first-order valence-electron chi connectivity index (χ1n) is 5.39. The van der Waals surface area contributed by atoms with Crippen LogP contribution in [-0.2, 0) is 4.79 Å². The zero-order chi connectivity index (χ0) is 12.8. The van der Waals surface area contributed by atoms with Crippen molar-refractivity contribution < 1.29 is 14.6 Å². The number of hydrogen-bond donors (Lipinski definition) is 2. The highest BCUT2D eigenvalue weighted by Crippen LogP contribution is 2.14. The Hall–Kier alpha value is -1.75. The van der Waals surface area contributed by atoms with Gasteiger partial charge >= 0.3 is 0 Å². The Bertz CT molecular complexity index is 380. The summed E-state index contributed by atoms with van der Waals surface area (Å²) in [6, 6.07) is 6.89. The van der Waals surface area contributed by atoms with Gasteiger partial charge in [0.05, 0.1) is 6.10 Å². The van der Waals surface area contributed by atoms with E-state index in [1.165, 1.54) is 4.90 Å². The van der Waals surface area contributed by atoms with Crippen LogP contribution in [0.15, 0.2) is 24.3 Å². The number of amides is 1. The first-order valence-corrected chi connectivity index (χ1v) is 5.39. The largest absolute Gasteiger partial charge is 0.484 e. The van der Waals surface area contributed by atoms with Crippen LogP contribution in [0.5, 0.6) is 5.75 Å². The van der Waals surface area contributed by atoms with Crippen molar-refractivity contribution in [1.29, 1.82) is 0 Å². The van der Waals surface area contributed by atoms with Crippen LogP contribution in [0.25, 0.3) is 0 Å². The van der Waals surface area contributed by atoms with E-state index in [1.54, 1.807) is 38.2 Å². The maximum Gasteiger partial charge on any atom is 0.260 e. The summed E-state index contributed by atoms with van der Waals surface area (Å²) in [5, 5.41) is 9.14. The van der Waals surface area contributed by atoms with Gasteiger partial charge in [-0.05, 0) is 19.1 Å². The molecule has 1 amide bonds. The Balaban J connectivity index is 2.43. The van der Waals surface area contributed by atoms with E-state index in [0.717, 1.165) is 0 Å². The lowest BCUT2D eigenvalue weighted by atomic mass is 10.3. The fraction of sp³-hybridized carbons (Fsp3) is 0.417. The van der Waals surface area contributed by atoms with E-state index >= 15 is 0 Å². The van der Waals surface area contributed by atoms with Crippen molar-refractivity contribution in [3.63, 3.8) is 0 Å². The standard InChI is InChI=1S/C12H18N2O3/c1-9(15)7-14(2)12(16)8-17-11-5-3-4-10(13)6-11/h3-6,9,15H,7-8,13H2,1-2H3. The van der Waals surface area contributed by atoms with Crippen molar-refractivity contribution in [2.75, 3.05) is 25.9 Å². The number of likely N-dealkylation sites (N-methyl/N-ethyl adjacent to an activating group) is 1. The van der Waals surface area contributed by atoms with Gasteiger partial charge in [-0.2, -0.15) is 0 Å². The molecule has 0 bridgehead atoms. The molecule has 5 nitrogen and oxygen atoms in total. The monoisotopic (exact) mass is 238 g/mol. The van der Waals surface area contributed by atoms with Crippen molar-refractivity contribution >= 4 is 11.6 Å². The molecule has 0 radical (unpaired) electrons. The van der Waals surface area contributed by atoms with Gasteiger partial charge in [0, 0.05) is 25.3 Å². The topological polar surface area (TPSA) is 75.8 Å².